The third-order valence-corrected chi connectivity index (χ3v) is 5.80. The zero-order chi connectivity index (χ0) is 20.1. The Kier molecular flexibility index (Phi) is 6.05. The summed E-state index contributed by atoms with van der Waals surface area (Å²) in [7, 11) is -2.11. The van der Waals surface area contributed by atoms with E-state index in [4.69, 9.17) is 9.47 Å². The largest absolute Gasteiger partial charge is 0.486 e. The van der Waals surface area contributed by atoms with Gasteiger partial charge in [-0.05, 0) is 49.4 Å². The van der Waals surface area contributed by atoms with Gasteiger partial charge in [-0.15, -0.1) is 0 Å². The maximum absolute atomic E-state index is 12.2. The summed E-state index contributed by atoms with van der Waals surface area (Å²) in [6.45, 7) is 3.19. The third kappa shape index (κ3) is 4.73. The van der Waals surface area contributed by atoms with Crippen LogP contribution in [0.5, 0.6) is 11.5 Å². The molecule has 8 nitrogen and oxygen atoms in total. The molecule has 1 unspecified atom stereocenters. The lowest BCUT2D eigenvalue weighted by Gasteiger charge is -2.21. The summed E-state index contributed by atoms with van der Waals surface area (Å²) in [5.41, 5.74) is 1.69. The molecule has 0 bridgehead atoms. The number of hydrogen-bond acceptors (Lipinski definition) is 5. The fraction of sp³-hybridized carbons (Fsp3) is 0.316. The van der Waals surface area contributed by atoms with Crippen LogP contribution in [-0.4, -0.2) is 34.7 Å². The molecule has 0 radical (unpaired) electrons. The highest BCUT2D eigenvalue weighted by Crippen LogP contribution is 2.32. The van der Waals surface area contributed by atoms with Crippen molar-refractivity contribution in [3.8, 4) is 11.5 Å². The standard InChI is InChI=1S/C19H23N3O5S/c1-13(15-5-8-17-18(11-15)27-10-9-26-17)22-19(23)21-12-14-3-6-16(7-4-14)28(24,25)20-2/h3-8,11,13,20H,9-10,12H2,1-2H3,(H2,21,22,23). The molecule has 1 aliphatic rings. The number of benzene rings is 2. The molecule has 2 amide bonds. The number of carbonyl (C=O) groups excluding carboxylic acids is 1. The lowest BCUT2D eigenvalue weighted by molar-refractivity contribution is 0.171. The molecule has 0 aliphatic carbocycles. The van der Waals surface area contributed by atoms with E-state index in [9.17, 15) is 13.2 Å². The molecule has 28 heavy (non-hydrogen) atoms. The second-order valence-electron chi connectivity index (χ2n) is 6.30. The zero-order valence-electron chi connectivity index (χ0n) is 15.7. The molecule has 1 heterocycles. The van der Waals surface area contributed by atoms with Crippen LogP contribution in [-0.2, 0) is 16.6 Å². The predicted octanol–water partition coefficient (Wildman–Crippen LogP) is 1.93. The maximum Gasteiger partial charge on any atom is 0.315 e. The number of ether oxygens (including phenoxy) is 2. The van der Waals surface area contributed by atoms with Crippen LogP contribution in [0.3, 0.4) is 0 Å². The number of nitrogens with one attached hydrogen (secondary N) is 3. The maximum atomic E-state index is 12.2. The predicted molar refractivity (Wildman–Crippen MR) is 104 cm³/mol. The van der Waals surface area contributed by atoms with Crippen molar-refractivity contribution >= 4 is 16.1 Å². The Balaban J connectivity index is 1.54. The Bertz CT molecular complexity index is 945. The first-order valence-corrected chi connectivity index (χ1v) is 10.3. The van der Waals surface area contributed by atoms with E-state index in [1.807, 2.05) is 25.1 Å². The Hall–Kier alpha value is -2.78. The molecule has 2 aromatic carbocycles. The minimum Gasteiger partial charge on any atom is -0.486 e. The van der Waals surface area contributed by atoms with E-state index in [-0.39, 0.29) is 23.5 Å². The number of hydrogen-bond donors (Lipinski definition) is 3. The van der Waals surface area contributed by atoms with E-state index >= 15 is 0 Å². The van der Waals surface area contributed by atoms with E-state index in [2.05, 4.69) is 15.4 Å². The Labute approximate surface area is 164 Å². The average molecular weight is 405 g/mol. The SMILES string of the molecule is CNS(=O)(=O)c1ccc(CNC(=O)NC(C)c2ccc3c(c2)OCCO3)cc1. The fourth-order valence-corrected chi connectivity index (χ4v) is 3.48. The molecule has 0 spiro atoms. The molecule has 3 rings (SSSR count). The molecule has 0 saturated heterocycles. The van der Waals surface area contributed by atoms with Gasteiger partial charge in [-0.3, -0.25) is 0 Å². The van der Waals surface area contributed by atoms with Crippen LogP contribution in [0.1, 0.15) is 24.1 Å². The van der Waals surface area contributed by atoms with Crippen molar-refractivity contribution in [2.24, 2.45) is 0 Å². The highest BCUT2D eigenvalue weighted by Gasteiger charge is 2.16. The van der Waals surface area contributed by atoms with E-state index in [1.165, 1.54) is 19.2 Å². The molecule has 0 fully saturated rings. The molecule has 0 saturated carbocycles. The van der Waals surface area contributed by atoms with Gasteiger partial charge in [0.25, 0.3) is 0 Å². The normalized spacial score (nSPS) is 14.2. The van der Waals surface area contributed by atoms with Crippen LogP contribution in [0, 0.1) is 0 Å². The van der Waals surface area contributed by atoms with Crippen LogP contribution < -0.4 is 24.8 Å². The van der Waals surface area contributed by atoms with Crippen molar-refractivity contribution in [2.75, 3.05) is 20.3 Å². The van der Waals surface area contributed by atoms with Crippen LogP contribution in [0.4, 0.5) is 4.79 Å². The van der Waals surface area contributed by atoms with Crippen molar-refractivity contribution < 1.29 is 22.7 Å². The minimum absolute atomic E-state index is 0.176. The van der Waals surface area contributed by atoms with E-state index in [1.54, 1.807) is 12.1 Å². The second kappa shape index (κ2) is 8.49. The van der Waals surface area contributed by atoms with Gasteiger partial charge in [-0.2, -0.15) is 0 Å². The molecule has 1 atom stereocenters. The van der Waals surface area contributed by atoms with Crippen molar-refractivity contribution in [3.05, 3.63) is 53.6 Å². The Morgan fingerprint density at radius 3 is 2.43 bits per heavy atom. The van der Waals surface area contributed by atoms with Gasteiger partial charge in [0.2, 0.25) is 10.0 Å². The van der Waals surface area contributed by atoms with E-state index in [0.717, 1.165) is 11.1 Å². The van der Waals surface area contributed by atoms with Gasteiger partial charge in [0.1, 0.15) is 13.2 Å². The average Bonchev–Trinajstić information content (AvgIpc) is 2.72. The summed E-state index contributed by atoms with van der Waals surface area (Å²) < 4.78 is 36.8. The zero-order valence-corrected chi connectivity index (χ0v) is 16.5. The number of sulfonamides is 1. The fourth-order valence-electron chi connectivity index (χ4n) is 2.75. The summed E-state index contributed by atoms with van der Waals surface area (Å²) in [4.78, 5) is 12.4. The van der Waals surface area contributed by atoms with E-state index < -0.39 is 10.0 Å². The molecule has 2 aromatic rings. The number of urea groups is 1. The first-order valence-electron chi connectivity index (χ1n) is 8.85. The van der Waals surface area contributed by atoms with Gasteiger partial charge in [0.15, 0.2) is 11.5 Å². The Morgan fingerprint density at radius 1 is 1.07 bits per heavy atom. The lowest BCUT2D eigenvalue weighted by atomic mass is 10.1. The molecule has 150 valence electrons. The molecular weight excluding hydrogens is 382 g/mol. The quantitative estimate of drug-likeness (QED) is 0.681. The van der Waals surface area contributed by atoms with Gasteiger partial charge in [0.05, 0.1) is 10.9 Å². The summed E-state index contributed by atoms with van der Waals surface area (Å²) in [5, 5.41) is 5.63. The van der Waals surface area contributed by atoms with Crippen LogP contribution in [0.25, 0.3) is 0 Å². The molecule has 1 aliphatic heterocycles. The molecular formula is C19H23N3O5S. The number of fused-ring (bicyclic) bond motifs is 1. The third-order valence-electron chi connectivity index (χ3n) is 4.37. The second-order valence-corrected chi connectivity index (χ2v) is 8.19. The number of carbonyl (C=O) groups is 1. The lowest BCUT2D eigenvalue weighted by Crippen LogP contribution is -2.36. The molecule has 9 heteroatoms. The minimum atomic E-state index is -3.47. The van der Waals surface area contributed by atoms with Crippen LogP contribution in [0.15, 0.2) is 47.4 Å². The van der Waals surface area contributed by atoms with Gasteiger partial charge in [-0.1, -0.05) is 18.2 Å². The summed E-state index contributed by atoms with van der Waals surface area (Å²) in [6, 6.07) is 11.4. The number of rotatable bonds is 6. The van der Waals surface area contributed by atoms with Crippen molar-refractivity contribution in [2.45, 2.75) is 24.4 Å². The number of amides is 2. The van der Waals surface area contributed by atoms with Gasteiger partial charge < -0.3 is 20.1 Å². The van der Waals surface area contributed by atoms with Gasteiger partial charge >= 0.3 is 6.03 Å². The first kappa shape index (κ1) is 20.0. The highest BCUT2D eigenvalue weighted by molar-refractivity contribution is 7.89. The van der Waals surface area contributed by atoms with E-state index in [0.29, 0.717) is 24.7 Å². The van der Waals surface area contributed by atoms with Crippen molar-refractivity contribution in [3.63, 3.8) is 0 Å². The molecule has 0 aromatic heterocycles. The van der Waals surface area contributed by atoms with Crippen LogP contribution >= 0.6 is 0 Å². The van der Waals surface area contributed by atoms with Crippen LogP contribution in [0.2, 0.25) is 0 Å². The first-order chi connectivity index (χ1) is 13.4. The summed E-state index contributed by atoms with van der Waals surface area (Å²) >= 11 is 0. The topological polar surface area (TPSA) is 106 Å². The smallest absolute Gasteiger partial charge is 0.315 e. The highest BCUT2D eigenvalue weighted by atomic mass is 32.2. The van der Waals surface area contributed by atoms with Crippen molar-refractivity contribution in [1.82, 2.24) is 15.4 Å². The summed E-state index contributed by atoms with van der Waals surface area (Å²) in [6.07, 6.45) is 0. The monoisotopic (exact) mass is 405 g/mol. The Morgan fingerprint density at radius 2 is 1.75 bits per heavy atom. The van der Waals surface area contributed by atoms with Crippen molar-refractivity contribution in [1.29, 1.82) is 0 Å². The van der Waals surface area contributed by atoms with Gasteiger partial charge in [-0.25, -0.2) is 17.9 Å². The summed E-state index contributed by atoms with van der Waals surface area (Å²) in [5.74, 6) is 1.38. The molecule has 3 N–H and O–H groups in total. The van der Waals surface area contributed by atoms with Gasteiger partial charge in [0, 0.05) is 6.54 Å².